The largest absolute Gasteiger partial charge is 0.356 e. The van der Waals surface area contributed by atoms with Crippen LogP contribution in [0.4, 0.5) is 4.79 Å². The van der Waals surface area contributed by atoms with E-state index < -0.39 is 0 Å². The van der Waals surface area contributed by atoms with E-state index in [0.717, 1.165) is 13.0 Å². The first-order valence-corrected chi connectivity index (χ1v) is 9.42. The molecule has 2 amide bonds. The molecular formula is C20H25N3O. The molecule has 4 heteroatoms. The average Bonchev–Trinajstić information content (AvgIpc) is 3.15. The Kier molecular flexibility index (Phi) is 3.15. The first-order valence-electron chi connectivity index (χ1n) is 9.42. The van der Waals surface area contributed by atoms with Crippen LogP contribution in [0.3, 0.4) is 0 Å². The fourth-order valence-corrected chi connectivity index (χ4v) is 5.21. The fourth-order valence-electron chi connectivity index (χ4n) is 5.21. The van der Waals surface area contributed by atoms with Gasteiger partial charge in [-0.2, -0.15) is 0 Å². The lowest BCUT2D eigenvalue weighted by atomic mass is 9.93. The van der Waals surface area contributed by atoms with Crippen molar-refractivity contribution in [3.8, 4) is 0 Å². The van der Waals surface area contributed by atoms with E-state index in [-0.39, 0.29) is 12.1 Å². The monoisotopic (exact) mass is 323 g/mol. The number of nitrogens with one attached hydrogen (secondary N) is 1. The van der Waals surface area contributed by atoms with Gasteiger partial charge in [0.2, 0.25) is 0 Å². The minimum atomic E-state index is 0.146. The highest BCUT2D eigenvalue weighted by molar-refractivity contribution is 5.86. The molecular weight excluding hydrogens is 298 g/mol. The quantitative estimate of drug-likeness (QED) is 0.838. The standard InChI is InChI=1S/C20H25N3O/c1-13-19-17(16-9-5-6-10-18(16)21-19)11-15-12-22(20(24)23(13)15)14-7-3-2-4-8-14/h5-6,9-10,13-15,21H,2-4,7-8,11-12H2,1H3. The number of aromatic nitrogens is 1. The lowest BCUT2D eigenvalue weighted by Gasteiger charge is -2.35. The van der Waals surface area contributed by atoms with Crippen molar-refractivity contribution in [1.29, 1.82) is 0 Å². The Labute approximate surface area is 142 Å². The Morgan fingerprint density at radius 2 is 1.88 bits per heavy atom. The summed E-state index contributed by atoms with van der Waals surface area (Å²) in [6, 6.07) is 9.76. The molecule has 1 N–H and O–H groups in total. The zero-order valence-corrected chi connectivity index (χ0v) is 14.3. The normalized spacial score (nSPS) is 27.6. The van der Waals surface area contributed by atoms with Crippen LogP contribution in [0, 0.1) is 0 Å². The molecule has 2 aliphatic heterocycles. The van der Waals surface area contributed by atoms with Crippen molar-refractivity contribution < 1.29 is 4.79 Å². The Balaban J connectivity index is 1.50. The maximum Gasteiger partial charge on any atom is 0.321 e. The van der Waals surface area contributed by atoms with E-state index in [1.165, 1.54) is 54.3 Å². The van der Waals surface area contributed by atoms with Crippen LogP contribution in [0.15, 0.2) is 24.3 Å². The molecule has 0 bridgehead atoms. The smallest absolute Gasteiger partial charge is 0.321 e. The average molecular weight is 323 g/mol. The third-order valence-corrected chi connectivity index (χ3v) is 6.40. The van der Waals surface area contributed by atoms with Crippen molar-refractivity contribution in [3.05, 3.63) is 35.5 Å². The van der Waals surface area contributed by atoms with Crippen molar-refractivity contribution >= 4 is 16.9 Å². The van der Waals surface area contributed by atoms with E-state index in [2.05, 4.69) is 46.0 Å². The Morgan fingerprint density at radius 3 is 2.71 bits per heavy atom. The topological polar surface area (TPSA) is 39.3 Å². The molecule has 1 saturated heterocycles. The molecule has 3 aliphatic rings. The summed E-state index contributed by atoms with van der Waals surface area (Å²) < 4.78 is 0. The molecule has 126 valence electrons. The lowest BCUT2D eigenvalue weighted by molar-refractivity contribution is 0.148. The minimum absolute atomic E-state index is 0.146. The number of hydrogen-bond acceptors (Lipinski definition) is 1. The number of carbonyl (C=O) groups excluding carboxylic acids is 1. The number of aromatic amines is 1. The van der Waals surface area contributed by atoms with Gasteiger partial charge in [-0.05, 0) is 37.8 Å². The zero-order chi connectivity index (χ0) is 16.3. The predicted molar refractivity (Wildman–Crippen MR) is 95.0 cm³/mol. The van der Waals surface area contributed by atoms with Crippen molar-refractivity contribution in [2.24, 2.45) is 0 Å². The Morgan fingerprint density at radius 1 is 1.08 bits per heavy atom. The molecule has 4 nitrogen and oxygen atoms in total. The highest BCUT2D eigenvalue weighted by atomic mass is 16.2. The van der Waals surface area contributed by atoms with Crippen LogP contribution in [-0.2, 0) is 6.42 Å². The second-order valence-corrected chi connectivity index (χ2v) is 7.73. The van der Waals surface area contributed by atoms with Gasteiger partial charge < -0.3 is 14.8 Å². The number of para-hydroxylation sites is 1. The van der Waals surface area contributed by atoms with E-state index in [1.54, 1.807) is 0 Å². The van der Waals surface area contributed by atoms with Crippen LogP contribution in [-0.4, -0.2) is 39.4 Å². The summed E-state index contributed by atoms with van der Waals surface area (Å²) in [4.78, 5) is 21.0. The Bertz CT molecular complexity index is 789. The summed E-state index contributed by atoms with van der Waals surface area (Å²) in [6.07, 6.45) is 7.25. The first-order chi connectivity index (χ1) is 11.7. The van der Waals surface area contributed by atoms with E-state index in [0.29, 0.717) is 12.1 Å². The molecule has 2 fully saturated rings. The molecule has 2 unspecified atom stereocenters. The summed E-state index contributed by atoms with van der Waals surface area (Å²) in [7, 11) is 0. The number of carbonyl (C=O) groups is 1. The third kappa shape index (κ3) is 1.95. The van der Waals surface area contributed by atoms with Crippen LogP contribution in [0.5, 0.6) is 0 Å². The summed E-state index contributed by atoms with van der Waals surface area (Å²) >= 11 is 0. The van der Waals surface area contributed by atoms with E-state index in [1.807, 2.05) is 0 Å². The van der Waals surface area contributed by atoms with E-state index >= 15 is 0 Å². The number of fused-ring (bicyclic) bond motifs is 4. The summed E-state index contributed by atoms with van der Waals surface area (Å²) in [6.45, 7) is 3.09. The molecule has 2 atom stereocenters. The molecule has 24 heavy (non-hydrogen) atoms. The maximum atomic E-state index is 13.1. The van der Waals surface area contributed by atoms with E-state index in [9.17, 15) is 4.79 Å². The van der Waals surface area contributed by atoms with Gasteiger partial charge >= 0.3 is 6.03 Å². The number of hydrogen-bond donors (Lipinski definition) is 1. The van der Waals surface area contributed by atoms with Crippen molar-refractivity contribution in [3.63, 3.8) is 0 Å². The van der Waals surface area contributed by atoms with Gasteiger partial charge in [0.25, 0.3) is 0 Å². The predicted octanol–water partition coefficient (Wildman–Crippen LogP) is 4.22. The number of rotatable bonds is 1. The van der Waals surface area contributed by atoms with Gasteiger partial charge in [0, 0.05) is 29.2 Å². The SMILES string of the molecule is CC1c2[nH]c3ccccc3c2CC2CN(C3CCCCC3)C(=O)N21. The summed E-state index contributed by atoms with van der Waals surface area (Å²) in [5, 5.41) is 1.34. The van der Waals surface area contributed by atoms with Crippen molar-refractivity contribution in [2.75, 3.05) is 6.54 Å². The van der Waals surface area contributed by atoms with Crippen molar-refractivity contribution in [1.82, 2.24) is 14.8 Å². The van der Waals surface area contributed by atoms with Crippen LogP contribution in [0.1, 0.15) is 56.3 Å². The van der Waals surface area contributed by atoms with Gasteiger partial charge in [-0.3, -0.25) is 0 Å². The number of H-pyrrole nitrogens is 1. The number of urea groups is 1. The zero-order valence-electron chi connectivity index (χ0n) is 14.3. The number of nitrogens with zero attached hydrogens (tertiary/aromatic N) is 2. The molecule has 5 rings (SSSR count). The van der Waals surface area contributed by atoms with Crippen LogP contribution >= 0.6 is 0 Å². The number of amides is 2. The molecule has 3 heterocycles. The van der Waals surface area contributed by atoms with Gasteiger partial charge in [-0.25, -0.2) is 4.79 Å². The van der Waals surface area contributed by atoms with Gasteiger partial charge in [0.1, 0.15) is 0 Å². The third-order valence-electron chi connectivity index (χ3n) is 6.40. The highest BCUT2D eigenvalue weighted by Gasteiger charge is 2.46. The second-order valence-electron chi connectivity index (χ2n) is 7.73. The van der Waals surface area contributed by atoms with Gasteiger partial charge in [-0.1, -0.05) is 37.5 Å². The fraction of sp³-hybridized carbons (Fsp3) is 0.550. The highest BCUT2D eigenvalue weighted by Crippen LogP contribution is 2.41. The van der Waals surface area contributed by atoms with Crippen molar-refractivity contribution in [2.45, 2.75) is 63.6 Å². The van der Waals surface area contributed by atoms with E-state index in [4.69, 9.17) is 0 Å². The molecule has 0 radical (unpaired) electrons. The second kappa shape index (κ2) is 5.27. The van der Waals surface area contributed by atoms with Gasteiger partial charge in [-0.15, -0.1) is 0 Å². The molecule has 1 aromatic carbocycles. The van der Waals surface area contributed by atoms with Crippen LogP contribution in [0.25, 0.3) is 10.9 Å². The molecule has 1 aromatic heterocycles. The lowest BCUT2D eigenvalue weighted by Crippen LogP contribution is -2.43. The summed E-state index contributed by atoms with van der Waals surface area (Å²) in [5.74, 6) is 0. The van der Waals surface area contributed by atoms with Crippen LogP contribution < -0.4 is 0 Å². The molecule has 0 spiro atoms. The van der Waals surface area contributed by atoms with Gasteiger partial charge in [0.15, 0.2) is 0 Å². The maximum absolute atomic E-state index is 13.1. The molecule has 1 saturated carbocycles. The van der Waals surface area contributed by atoms with Gasteiger partial charge in [0.05, 0.1) is 12.1 Å². The molecule has 1 aliphatic carbocycles. The first kappa shape index (κ1) is 14.4. The van der Waals surface area contributed by atoms with Crippen LogP contribution in [0.2, 0.25) is 0 Å². The Hall–Kier alpha value is -1.97. The minimum Gasteiger partial charge on any atom is -0.356 e. The summed E-state index contributed by atoms with van der Waals surface area (Å²) in [5.41, 5.74) is 3.87. The molecule has 2 aromatic rings. The number of benzene rings is 1.